The maximum atomic E-state index is 12.1. The molecule has 0 spiro atoms. The quantitative estimate of drug-likeness (QED) is 0.482. The van der Waals surface area contributed by atoms with Crippen molar-refractivity contribution >= 4 is 46.3 Å². The molecule has 0 bridgehead atoms. The second kappa shape index (κ2) is 8.20. The first-order valence-corrected chi connectivity index (χ1v) is 10.2. The third-order valence-corrected chi connectivity index (χ3v) is 6.20. The number of hydrogen-bond donors (Lipinski definition) is 1. The number of rotatable bonds is 6. The molecule has 0 aliphatic heterocycles. The third kappa shape index (κ3) is 4.25. The van der Waals surface area contributed by atoms with Crippen LogP contribution in [-0.4, -0.2) is 31.4 Å². The highest BCUT2D eigenvalue weighted by Gasteiger charge is 2.15. The Morgan fingerprint density at radius 3 is 2.92 bits per heavy atom. The summed E-state index contributed by atoms with van der Waals surface area (Å²) >= 11 is 8.99. The van der Waals surface area contributed by atoms with Gasteiger partial charge in [-0.2, -0.15) is 0 Å². The Labute approximate surface area is 165 Å². The van der Waals surface area contributed by atoms with Gasteiger partial charge in [-0.15, -0.1) is 21.5 Å². The summed E-state index contributed by atoms with van der Waals surface area (Å²) in [4.78, 5) is 17.4. The van der Waals surface area contributed by atoms with E-state index in [1.807, 2.05) is 11.6 Å². The number of amides is 1. The first-order valence-electron chi connectivity index (χ1n) is 7.97. The lowest BCUT2D eigenvalue weighted by Crippen LogP contribution is -2.15. The van der Waals surface area contributed by atoms with Crippen LogP contribution in [0.15, 0.2) is 34.9 Å². The van der Waals surface area contributed by atoms with E-state index in [9.17, 15) is 4.79 Å². The highest BCUT2D eigenvalue weighted by atomic mass is 35.5. The van der Waals surface area contributed by atoms with E-state index >= 15 is 0 Å². The van der Waals surface area contributed by atoms with Crippen LogP contribution in [0.2, 0.25) is 5.15 Å². The van der Waals surface area contributed by atoms with Gasteiger partial charge in [-0.3, -0.25) is 4.79 Å². The molecule has 136 valence electrons. The molecule has 0 atom stereocenters. The molecule has 0 radical (unpaired) electrons. The molecule has 1 N–H and O–H groups in total. The zero-order valence-electron chi connectivity index (χ0n) is 14.6. The van der Waals surface area contributed by atoms with E-state index in [-0.39, 0.29) is 16.8 Å². The van der Waals surface area contributed by atoms with E-state index in [2.05, 4.69) is 45.8 Å². The number of nitrogens with one attached hydrogen (secondary N) is 1. The maximum absolute atomic E-state index is 12.1. The van der Waals surface area contributed by atoms with E-state index in [0.717, 1.165) is 11.4 Å². The number of nitrogens with zero attached hydrogens (tertiary/aromatic N) is 4. The van der Waals surface area contributed by atoms with E-state index in [4.69, 9.17) is 11.6 Å². The number of thioether (sulfide) groups is 1. The van der Waals surface area contributed by atoms with Crippen molar-refractivity contribution in [1.29, 1.82) is 0 Å². The van der Waals surface area contributed by atoms with Gasteiger partial charge in [-0.1, -0.05) is 37.2 Å². The van der Waals surface area contributed by atoms with Crippen molar-refractivity contribution in [3.05, 3.63) is 39.8 Å². The highest BCUT2D eigenvalue weighted by Crippen LogP contribution is 2.30. The van der Waals surface area contributed by atoms with Gasteiger partial charge in [0.25, 0.3) is 0 Å². The van der Waals surface area contributed by atoms with Crippen LogP contribution in [0, 0.1) is 0 Å². The van der Waals surface area contributed by atoms with Crippen LogP contribution in [0.4, 0.5) is 5.69 Å². The molecule has 0 aliphatic carbocycles. The predicted octanol–water partition coefficient (Wildman–Crippen LogP) is 4.45. The van der Waals surface area contributed by atoms with Gasteiger partial charge < -0.3 is 9.88 Å². The molecule has 1 amide bonds. The van der Waals surface area contributed by atoms with Crippen LogP contribution in [0.1, 0.15) is 24.6 Å². The number of carbonyl (C=O) groups is 1. The highest BCUT2D eigenvalue weighted by molar-refractivity contribution is 7.99. The minimum Gasteiger partial charge on any atom is -0.323 e. The van der Waals surface area contributed by atoms with Gasteiger partial charge in [0.1, 0.15) is 0 Å². The first-order chi connectivity index (χ1) is 12.5. The zero-order valence-corrected chi connectivity index (χ0v) is 17.0. The van der Waals surface area contributed by atoms with Crippen LogP contribution >= 0.6 is 34.7 Å². The molecule has 26 heavy (non-hydrogen) atoms. The lowest BCUT2D eigenvalue weighted by Gasteiger charge is -2.06. The molecule has 3 heterocycles. The fourth-order valence-electron chi connectivity index (χ4n) is 2.26. The molecule has 6 nitrogen and oxygen atoms in total. The number of thiophene rings is 1. The standard InChI is InChI=1S/C17H18ClN5OS2/c1-10(2)13-7-11(8-25-13)16-21-22-17(23(16)3)26-9-14(24)20-12-5-4-6-19-15(12)18/h4-8,10H,9H2,1-3H3,(H,20,24). The molecule has 3 aromatic rings. The Balaban J connectivity index is 1.65. The van der Waals surface area contributed by atoms with Crippen LogP contribution < -0.4 is 5.32 Å². The second-order valence-corrected chi connectivity index (χ2v) is 8.18. The molecular weight excluding hydrogens is 390 g/mol. The third-order valence-electron chi connectivity index (χ3n) is 3.65. The lowest BCUT2D eigenvalue weighted by atomic mass is 10.1. The van der Waals surface area contributed by atoms with Crippen LogP contribution in [0.25, 0.3) is 11.4 Å². The van der Waals surface area contributed by atoms with Crippen LogP contribution in [0.3, 0.4) is 0 Å². The molecule has 0 saturated carbocycles. The molecule has 0 fully saturated rings. The summed E-state index contributed by atoms with van der Waals surface area (Å²) in [5.74, 6) is 1.31. The molecule has 0 aliphatic rings. The van der Waals surface area contributed by atoms with Crippen molar-refractivity contribution in [2.45, 2.75) is 24.9 Å². The number of halogens is 1. The van der Waals surface area contributed by atoms with Crippen molar-refractivity contribution in [1.82, 2.24) is 19.7 Å². The van der Waals surface area contributed by atoms with Gasteiger partial charge in [0.05, 0.1) is 11.4 Å². The van der Waals surface area contributed by atoms with E-state index in [1.165, 1.54) is 16.6 Å². The summed E-state index contributed by atoms with van der Waals surface area (Å²) in [5, 5.41) is 14.3. The number of carbonyl (C=O) groups excluding carboxylic acids is 1. The average Bonchev–Trinajstić information content (AvgIpc) is 3.22. The van der Waals surface area contributed by atoms with Gasteiger partial charge >= 0.3 is 0 Å². The maximum Gasteiger partial charge on any atom is 0.234 e. The molecule has 3 rings (SSSR count). The minimum absolute atomic E-state index is 0.174. The fourth-order valence-corrected chi connectivity index (χ4v) is 4.04. The Hall–Kier alpha value is -1.90. The van der Waals surface area contributed by atoms with Crippen molar-refractivity contribution in [2.24, 2.45) is 7.05 Å². The van der Waals surface area contributed by atoms with Crippen molar-refractivity contribution in [3.63, 3.8) is 0 Å². The SMILES string of the molecule is CC(C)c1cc(-c2nnc(SCC(=O)Nc3cccnc3Cl)n2C)cs1. The molecule has 0 aromatic carbocycles. The summed E-state index contributed by atoms with van der Waals surface area (Å²) in [6.45, 7) is 4.33. The van der Waals surface area contributed by atoms with Gasteiger partial charge in [-0.05, 0) is 24.1 Å². The number of hydrogen-bond acceptors (Lipinski definition) is 6. The zero-order chi connectivity index (χ0) is 18.7. The van der Waals surface area contributed by atoms with E-state index < -0.39 is 0 Å². The topological polar surface area (TPSA) is 72.7 Å². The minimum atomic E-state index is -0.174. The normalized spacial score (nSPS) is 11.1. The van der Waals surface area contributed by atoms with Crippen molar-refractivity contribution in [2.75, 3.05) is 11.1 Å². The summed E-state index contributed by atoms with van der Waals surface area (Å²) in [6.07, 6.45) is 1.57. The number of aromatic nitrogens is 4. The average molecular weight is 408 g/mol. The Morgan fingerprint density at radius 2 is 2.23 bits per heavy atom. The molecule has 3 aromatic heterocycles. The van der Waals surface area contributed by atoms with Crippen molar-refractivity contribution < 1.29 is 4.79 Å². The van der Waals surface area contributed by atoms with E-state index in [1.54, 1.807) is 29.7 Å². The Kier molecular flexibility index (Phi) is 5.95. The van der Waals surface area contributed by atoms with Gasteiger partial charge in [-0.25, -0.2) is 4.98 Å². The largest absolute Gasteiger partial charge is 0.323 e. The van der Waals surface area contributed by atoms with Gasteiger partial charge in [0.2, 0.25) is 5.91 Å². The van der Waals surface area contributed by atoms with Crippen LogP contribution in [0.5, 0.6) is 0 Å². The Morgan fingerprint density at radius 1 is 1.42 bits per heavy atom. The Bertz CT molecular complexity index is 922. The summed E-state index contributed by atoms with van der Waals surface area (Å²) in [5.41, 5.74) is 1.55. The fraction of sp³-hybridized carbons (Fsp3) is 0.294. The number of pyridine rings is 1. The molecular formula is C17H18ClN5OS2. The number of anilines is 1. The molecule has 0 unspecified atom stereocenters. The molecule has 0 saturated heterocycles. The van der Waals surface area contributed by atoms with E-state index in [0.29, 0.717) is 16.8 Å². The van der Waals surface area contributed by atoms with Crippen molar-refractivity contribution in [3.8, 4) is 11.4 Å². The van der Waals surface area contributed by atoms with Gasteiger partial charge in [0.15, 0.2) is 16.1 Å². The predicted molar refractivity (Wildman–Crippen MR) is 107 cm³/mol. The van der Waals surface area contributed by atoms with Gasteiger partial charge in [0, 0.05) is 29.1 Å². The smallest absolute Gasteiger partial charge is 0.234 e. The summed E-state index contributed by atoms with van der Waals surface area (Å²) < 4.78 is 1.90. The monoisotopic (exact) mass is 407 g/mol. The lowest BCUT2D eigenvalue weighted by molar-refractivity contribution is -0.113. The summed E-state index contributed by atoms with van der Waals surface area (Å²) in [7, 11) is 1.90. The van der Waals surface area contributed by atoms with Crippen LogP contribution in [-0.2, 0) is 11.8 Å². The molecule has 9 heteroatoms. The second-order valence-electron chi connectivity index (χ2n) is 5.94. The summed E-state index contributed by atoms with van der Waals surface area (Å²) in [6, 6.07) is 5.57. The first kappa shape index (κ1) is 18.9.